The lowest BCUT2D eigenvalue weighted by Gasteiger charge is -2.11. The van der Waals surface area contributed by atoms with Crippen molar-refractivity contribution >= 4 is 32.7 Å². The summed E-state index contributed by atoms with van der Waals surface area (Å²) in [6.07, 6.45) is 1.36. The standard InChI is InChI=1S/C24H20F4N4O3S/c1-2-7-36(34,35)32-18-6-5-16(26)22(23(18)28)20(33)10-14-9-19-24(29-12-14)31-21(30-19)11-13-3-4-15(25)17(27)8-13/h3-6,8-9,12,32H,2,7,10-11H2,1H3,(H,29,30,31). The van der Waals surface area contributed by atoms with Crippen LogP contribution < -0.4 is 4.72 Å². The highest BCUT2D eigenvalue weighted by Crippen LogP contribution is 2.24. The van der Waals surface area contributed by atoms with E-state index in [-0.39, 0.29) is 18.6 Å². The first-order valence-corrected chi connectivity index (χ1v) is 12.5. The van der Waals surface area contributed by atoms with Crippen LogP contribution in [0.15, 0.2) is 42.6 Å². The van der Waals surface area contributed by atoms with Gasteiger partial charge in [0.05, 0.1) is 22.5 Å². The monoisotopic (exact) mass is 520 g/mol. The van der Waals surface area contributed by atoms with E-state index in [1.807, 2.05) is 4.72 Å². The van der Waals surface area contributed by atoms with Crippen LogP contribution >= 0.6 is 0 Å². The van der Waals surface area contributed by atoms with Gasteiger partial charge in [0.2, 0.25) is 10.0 Å². The average molecular weight is 521 g/mol. The lowest BCUT2D eigenvalue weighted by atomic mass is 10.0. The molecule has 0 radical (unpaired) electrons. The van der Waals surface area contributed by atoms with E-state index in [2.05, 4.69) is 15.0 Å². The lowest BCUT2D eigenvalue weighted by Crippen LogP contribution is -2.19. The van der Waals surface area contributed by atoms with Gasteiger partial charge in [0.1, 0.15) is 11.6 Å². The van der Waals surface area contributed by atoms with Crippen molar-refractivity contribution in [3.63, 3.8) is 0 Å². The minimum atomic E-state index is -3.85. The van der Waals surface area contributed by atoms with Gasteiger partial charge < -0.3 is 4.98 Å². The predicted molar refractivity (Wildman–Crippen MR) is 125 cm³/mol. The maximum absolute atomic E-state index is 14.9. The van der Waals surface area contributed by atoms with Crippen LogP contribution in [0.5, 0.6) is 0 Å². The van der Waals surface area contributed by atoms with Crippen molar-refractivity contribution in [3.05, 3.63) is 88.4 Å². The van der Waals surface area contributed by atoms with Gasteiger partial charge in [-0.05, 0) is 47.9 Å². The van der Waals surface area contributed by atoms with Crippen LogP contribution in [-0.4, -0.2) is 34.9 Å². The number of carbonyl (C=O) groups is 1. The number of nitrogens with one attached hydrogen (secondary N) is 2. The van der Waals surface area contributed by atoms with Gasteiger partial charge >= 0.3 is 0 Å². The largest absolute Gasteiger partial charge is 0.340 e. The summed E-state index contributed by atoms with van der Waals surface area (Å²) in [7, 11) is -3.85. The van der Waals surface area contributed by atoms with Crippen molar-refractivity contribution in [3.8, 4) is 0 Å². The van der Waals surface area contributed by atoms with Crippen molar-refractivity contribution in [2.75, 3.05) is 10.5 Å². The van der Waals surface area contributed by atoms with Crippen LogP contribution in [-0.2, 0) is 22.9 Å². The Balaban J connectivity index is 1.55. The van der Waals surface area contributed by atoms with Gasteiger partial charge in [-0.3, -0.25) is 9.52 Å². The molecule has 0 spiro atoms. The fourth-order valence-corrected chi connectivity index (χ4v) is 4.80. The van der Waals surface area contributed by atoms with Gasteiger partial charge in [-0.15, -0.1) is 0 Å². The Morgan fingerprint density at radius 1 is 1.00 bits per heavy atom. The molecule has 0 amide bonds. The Bertz CT molecular complexity index is 1570. The van der Waals surface area contributed by atoms with E-state index in [4.69, 9.17) is 0 Å². The molecule has 0 saturated carbocycles. The molecule has 2 N–H and O–H groups in total. The fraction of sp³-hybridized carbons (Fsp3) is 0.208. The Morgan fingerprint density at radius 2 is 1.75 bits per heavy atom. The number of ketones is 1. The van der Waals surface area contributed by atoms with Crippen LogP contribution in [0.25, 0.3) is 11.2 Å². The Hall–Kier alpha value is -3.80. The molecule has 2 aromatic heterocycles. The van der Waals surface area contributed by atoms with Gasteiger partial charge in [0, 0.05) is 19.0 Å². The summed E-state index contributed by atoms with van der Waals surface area (Å²) in [4.78, 5) is 24.2. The number of Topliss-reactive ketones (excluding diaryl/α,β-unsaturated/α-hetero) is 1. The number of halogens is 4. The van der Waals surface area contributed by atoms with E-state index < -0.39 is 56.7 Å². The number of aromatic amines is 1. The Morgan fingerprint density at radius 3 is 2.47 bits per heavy atom. The number of H-pyrrole nitrogens is 1. The van der Waals surface area contributed by atoms with E-state index in [1.165, 1.54) is 18.3 Å². The number of carbonyl (C=O) groups excluding carboxylic acids is 1. The number of anilines is 1. The summed E-state index contributed by atoms with van der Waals surface area (Å²) in [5.41, 5.74) is 0.149. The molecule has 4 rings (SSSR count). The Labute approximate surface area is 203 Å². The van der Waals surface area contributed by atoms with Gasteiger partial charge in [0.25, 0.3) is 0 Å². The normalized spacial score (nSPS) is 11.7. The first-order chi connectivity index (χ1) is 17.1. The highest BCUT2D eigenvalue weighted by Gasteiger charge is 2.23. The minimum Gasteiger partial charge on any atom is -0.340 e. The predicted octanol–water partition coefficient (Wildman–Crippen LogP) is 4.68. The smallest absolute Gasteiger partial charge is 0.232 e. The van der Waals surface area contributed by atoms with Crippen LogP contribution in [0.4, 0.5) is 23.2 Å². The molecule has 4 aromatic rings. The molecule has 2 aromatic carbocycles. The molecule has 0 fully saturated rings. The second kappa shape index (κ2) is 10.1. The van der Waals surface area contributed by atoms with E-state index >= 15 is 0 Å². The zero-order valence-electron chi connectivity index (χ0n) is 18.9. The van der Waals surface area contributed by atoms with Crippen molar-refractivity contribution < 1.29 is 30.8 Å². The number of hydrogen-bond donors (Lipinski definition) is 2. The van der Waals surface area contributed by atoms with Crippen molar-refractivity contribution in [1.29, 1.82) is 0 Å². The van der Waals surface area contributed by atoms with Crippen molar-refractivity contribution in [1.82, 2.24) is 15.0 Å². The zero-order chi connectivity index (χ0) is 26.0. The summed E-state index contributed by atoms with van der Waals surface area (Å²) in [6, 6.07) is 6.76. The van der Waals surface area contributed by atoms with Crippen LogP contribution in [0.3, 0.4) is 0 Å². The summed E-state index contributed by atoms with van der Waals surface area (Å²) in [5, 5.41) is 0. The molecule has 0 aliphatic heterocycles. The molecule has 0 bridgehead atoms. The number of rotatable bonds is 9. The molecule has 12 heteroatoms. The number of hydrogen-bond acceptors (Lipinski definition) is 5. The number of fused-ring (bicyclic) bond motifs is 1. The molecule has 0 unspecified atom stereocenters. The quantitative estimate of drug-likeness (QED) is 0.246. The Kier molecular flexibility index (Phi) is 7.07. The number of nitrogens with zero attached hydrogens (tertiary/aromatic N) is 2. The SMILES string of the molecule is CCCS(=O)(=O)Nc1ccc(F)c(C(=O)Cc2cnc3nc(Cc4ccc(F)c(F)c4)[nH]c3c2)c1F. The minimum absolute atomic E-state index is 0.166. The summed E-state index contributed by atoms with van der Waals surface area (Å²) < 4.78 is 81.8. The summed E-state index contributed by atoms with van der Waals surface area (Å²) >= 11 is 0. The molecule has 0 aliphatic rings. The average Bonchev–Trinajstić information content (AvgIpc) is 3.19. The van der Waals surface area contributed by atoms with E-state index in [9.17, 15) is 30.8 Å². The lowest BCUT2D eigenvalue weighted by molar-refractivity contribution is 0.0985. The number of imidazole rings is 1. The summed E-state index contributed by atoms with van der Waals surface area (Å²) in [6.45, 7) is 1.63. The van der Waals surface area contributed by atoms with Crippen LogP contribution in [0.1, 0.15) is 40.7 Å². The third-order valence-corrected chi connectivity index (χ3v) is 6.75. The topological polar surface area (TPSA) is 105 Å². The molecule has 188 valence electrons. The van der Waals surface area contributed by atoms with Crippen molar-refractivity contribution in [2.24, 2.45) is 0 Å². The van der Waals surface area contributed by atoms with Gasteiger partial charge in [-0.1, -0.05) is 13.0 Å². The molecule has 0 saturated heterocycles. The molecule has 7 nitrogen and oxygen atoms in total. The highest BCUT2D eigenvalue weighted by molar-refractivity contribution is 7.92. The molecule has 2 heterocycles. The first kappa shape index (κ1) is 25.3. The number of benzene rings is 2. The van der Waals surface area contributed by atoms with Crippen LogP contribution in [0, 0.1) is 23.3 Å². The highest BCUT2D eigenvalue weighted by atomic mass is 32.2. The fourth-order valence-electron chi connectivity index (χ4n) is 3.66. The third-order valence-electron chi connectivity index (χ3n) is 5.27. The van der Waals surface area contributed by atoms with Gasteiger partial charge in [-0.2, -0.15) is 0 Å². The molecule has 0 aliphatic carbocycles. The zero-order valence-corrected chi connectivity index (χ0v) is 19.7. The van der Waals surface area contributed by atoms with E-state index in [0.29, 0.717) is 28.1 Å². The van der Waals surface area contributed by atoms with Crippen molar-refractivity contribution in [2.45, 2.75) is 26.2 Å². The molecular weight excluding hydrogens is 500 g/mol. The first-order valence-electron chi connectivity index (χ1n) is 10.9. The number of sulfonamides is 1. The molecular formula is C24H20F4N4O3S. The van der Waals surface area contributed by atoms with Crippen LogP contribution in [0.2, 0.25) is 0 Å². The number of pyridine rings is 1. The number of aromatic nitrogens is 3. The molecule has 0 atom stereocenters. The van der Waals surface area contributed by atoms with E-state index in [0.717, 1.165) is 24.3 Å². The second-order valence-corrected chi connectivity index (χ2v) is 9.97. The van der Waals surface area contributed by atoms with Gasteiger partial charge in [0.15, 0.2) is 28.9 Å². The maximum Gasteiger partial charge on any atom is 0.232 e. The van der Waals surface area contributed by atoms with Gasteiger partial charge in [-0.25, -0.2) is 35.9 Å². The third kappa shape index (κ3) is 5.54. The maximum atomic E-state index is 14.9. The molecule has 36 heavy (non-hydrogen) atoms. The van der Waals surface area contributed by atoms with E-state index in [1.54, 1.807) is 6.92 Å². The summed E-state index contributed by atoms with van der Waals surface area (Å²) in [5.74, 6) is -5.13. The second-order valence-electron chi connectivity index (χ2n) is 8.13.